The summed E-state index contributed by atoms with van der Waals surface area (Å²) in [5.74, 6) is 0. The van der Waals surface area contributed by atoms with Crippen molar-refractivity contribution in [1.82, 2.24) is 14.9 Å². The third-order valence-corrected chi connectivity index (χ3v) is 6.27. The second-order valence-corrected chi connectivity index (χ2v) is 8.03. The van der Waals surface area contributed by atoms with Crippen LogP contribution in [0.25, 0.3) is 22.0 Å². The molecule has 2 saturated heterocycles. The van der Waals surface area contributed by atoms with Gasteiger partial charge in [-0.15, -0.1) is 0 Å². The number of benzene rings is 1. The van der Waals surface area contributed by atoms with Gasteiger partial charge in [-0.1, -0.05) is 24.3 Å². The number of nitrogens with zero attached hydrogens (tertiary/aromatic N) is 1. The number of aromatic nitrogens is 2. The Kier molecular flexibility index (Phi) is 3.95. The van der Waals surface area contributed by atoms with Crippen LogP contribution in [0, 0.1) is 0 Å². The van der Waals surface area contributed by atoms with E-state index in [-0.39, 0.29) is 11.2 Å². The van der Waals surface area contributed by atoms with Crippen LogP contribution >= 0.6 is 0 Å². The fourth-order valence-corrected chi connectivity index (χ4v) is 4.46. The molecule has 2 N–H and O–H groups in total. The molecule has 2 atom stereocenters. The molecule has 2 aromatic heterocycles. The summed E-state index contributed by atoms with van der Waals surface area (Å²) in [5, 5.41) is 4.66. The molecular weight excluding hydrogens is 338 g/mol. The average Bonchev–Trinajstić information content (AvgIpc) is 3.09. The quantitative estimate of drug-likeness (QED) is 0.752. The first-order valence-corrected chi connectivity index (χ1v) is 9.77. The normalized spacial score (nSPS) is 25.0. The van der Waals surface area contributed by atoms with Crippen molar-refractivity contribution in [1.29, 1.82) is 0 Å². The molecule has 0 radical (unpaired) electrons. The molecule has 5 rings (SSSR count). The molecule has 2 aliphatic heterocycles. The van der Waals surface area contributed by atoms with Crippen LogP contribution in [-0.2, 0) is 18.2 Å². The van der Waals surface area contributed by atoms with Crippen molar-refractivity contribution in [3.8, 4) is 11.1 Å². The number of aromatic amines is 1. The van der Waals surface area contributed by atoms with Crippen LogP contribution in [0.5, 0.6) is 0 Å². The van der Waals surface area contributed by atoms with Gasteiger partial charge in [0.15, 0.2) is 0 Å². The minimum Gasteiger partial charge on any atom is -0.373 e. The second-order valence-electron chi connectivity index (χ2n) is 8.03. The molecule has 4 heterocycles. The predicted molar refractivity (Wildman–Crippen MR) is 107 cm³/mol. The van der Waals surface area contributed by atoms with Gasteiger partial charge < -0.3 is 19.6 Å². The molecule has 5 heteroatoms. The average molecular weight is 363 g/mol. The van der Waals surface area contributed by atoms with Crippen molar-refractivity contribution < 1.29 is 4.74 Å². The molecular formula is C22H25N3O2. The lowest BCUT2D eigenvalue weighted by molar-refractivity contribution is -0.159. The maximum absolute atomic E-state index is 12.3. The van der Waals surface area contributed by atoms with Gasteiger partial charge in [-0.05, 0) is 36.5 Å². The summed E-state index contributed by atoms with van der Waals surface area (Å²) in [7, 11) is 1.78. The third kappa shape index (κ3) is 2.91. The Hall–Kier alpha value is -2.37. The zero-order chi connectivity index (χ0) is 18.4. The maximum atomic E-state index is 12.3. The minimum atomic E-state index is 0.00783. The van der Waals surface area contributed by atoms with E-state index in [1.54, 1.807) is 11.6 Å². The van der Waals surface area contributed by atoms with Crippen LogP contribution < -0.4 is 10.9 Å². The summed E-state index contributed by atoms with van der Waals surface area (Å²) in [4.78, 5) is 15.5. The Bertz CT molecular complexity index is 1040. The first kappa shape index (κ1) is 16.8. The van der Waals surface area contributed by atoms with E-state index in [0.29, 0.717) is 11.6 Å². The Morgan fingerprint density at radius 2 is 2.19 bits per heavy atom. The number of nitrogens with one attached hydrogen (secondary N) is 2. The molecule has 2 fully saturated rings. The summed E-state index contributed by atoms with van der Waals surface area (Å²) >= 11 is 0. The van der Waals surface area contributed by atoms with E-state index in [4.69, 9.17) is 4.74 Å². The van der Waals surface area contributed by atoms with Crippen LogP contribution in [0.1, 0.15) is 24.8 Å². The molecule has 0 amide bonds. The smallest absolute Gasteiger partial charge is 0.274 e. The van der Waals surface area contributed by atoms with E-state index in [9.17, 15) is 4.79 Å². The third-order valence-electron chi connectivity index (χ3n) is 6.27. The highest BCUT2D eigenvalue weighted by molar-refractivity contribution is 5.95. The molecule has 1 spiro atoms. The molecule has 140 valence electrons. The van der Waals surface area contributed by atoms with Gasteiger partial charge in [0.05, 0.1) is 12.2 Å². The number of hydrogen-bond acceptors (Lipinski definition) is 3. The Morgan fingerprint density at radius 3 is 2.93 bits per heavy atom. The largest absolute Gasteiger partial charge is 0.373 e. The van der Waals surface area contributed by atoms with E-state index in [1.165, 1.54) is 12.0 Å². The number of H-pyrrole nitrogens is 1. The monoisotopic (exact) mass is 363 g/mol. The first-order chi connectivity index (χ1) is 13.1. The predicted octanol–water partition coefficient (Wildman–Crippen LogP) is 2.99. The van der Waals surface area contributed by atoms with Gasteiger partial charge in [0.2, 0.25) is 0 Å². The summed E-state index contributed by atoms with van der Waals surface area (Å²) in [6.45, 7) is 1.89. The summed E-state index contributed by atoms with van der Waals surface area (Å²) in [5.41, 5.74) is 4.38. The molecule has 0 bridgehead atoms. The fraction of sp³-hybridized carbons (Fsp3) is 0.409. The van der Waals surface area contributed by atoms with Crippen molar-refractivity contribution >= 4 is 10.9 Å². The molecule has 3 aromatic rings. The van der Waals surface area contributed by atoms with E-state index in [2.05, 4.69) is 34.6 Å². The van der Waals surface area contributed by atoms with Crippen molar-refractivity contribution in [2.45, 2.75) is 37.3 Å². The standard InChI is InChI=1S/C22H25N3O2/c1-25-9-6-18-19(13-23-20(18)21(25)26)16-4-2-3-15(11-16)12-17-5-7-22(14-24-17)8-10-27-22/h2-4,6,9,11,13,17,23-24H,5,7-8,10,12,14H2,1H3. The Morgan fingerprint density at radius 1 is 1.30 bits per heavy atom. The number of pyridine rings is 1. The zero-order valence-corrected chi connectivity index (χ0v) is 15.6. The molecule has 5 nitrogen and oxygen atoms in total. The van der Waals surface area contributed by atoms with E-state index in [0.717, 1.165) is 48.9 Å². The van der Waals surface area contributed by atoms with E-state index in [1.807, 2.05) is 18.5 Å². The number of hydrogen-bond donors (Lipinski definition) is 2. The van der Waals surface area contributed by atoms with Gasteiger partial charge in [0.25, 0.3) is 5.56 Å². The highest BCUT2D eigenvalue weighted by atomic mass is 16.5. The second kappa shape index (κ2) is 6.36. The van der Waals surface area contributed by atoms with Crippen molar-refractivity contribution in [3.63, 3.8) is 0 Å². The first-order valence-electron chi connectivity index (χ1n) is 9.77. The van der Waals surface area contributed by atoms with Crippen molar-refractivity contribution in [2.24, 2.45) is 7.05 Å². The summed E-state index contributed by atoms with van der Waals surface area (Å²) in [6.07, 6.45) is 8.32. The van der Waals surface area contributed by atoms with Crippen molar-refractivity contribution in [3.05, 3.63) is 58.6 Å². The lowest BCUT2D eigenvalue weighted by atomic mass is 9.83. The van der Waals surface area contributed by atoms with Gasteiger partial charge in [0, 0.05) is 49.4 Å². The highest BCUT2D eigenvalue weighted by Crippen LogP contribution is 2.35. The zero-order valence-electron chi connectivity index (χ0n) is 15.6. The Labute approximate surface area is 158 Å². The number of ether oxygens (including phenoxy) is 1. The van der Waals surface area contributed by atoms with Crippen LogP contribution in [0.4, 0.5) is 0 Å². The molecule has 27 heavy (non-hydrogen) atoms. The lowest BCUT2D eigenvalue weighted by Crippen LogP contribution is -2.57. The topological polar surface area (TPSA) is 59.0 Å². The van der Waals surface area contributed by atoms with E-state index >= 15 is 0 Å². The van der Waals surface area contributed by atoms with Crippen LogP contribution in [0.3, 0.4) is 0 Å². The molecule has 2 unspecified atom stereocenters. The molecule has 1 aromatic carbocycles. The van der Waals surface area contributed by atoms with Gasteiger partial charge in [0.1, 0.15) is 5.52 Å². The molecule has 0 saturated carbocycles. The van der Waals surface area contributed by atoms with Gasteiger partial charge >= 0.3 is 0 Å². The molecule has 2 aliphatic rings. The van der Waals surface area contributed by atoms with Gasteiger partial charge in [-0.3, -0.25) is 4.79 Å². The van der Waals surface area contributed by atoms with Crippen molar-refractivity contribution in [2.75, 3.05) is 13.2 Å². The summed E-state index contributed by atoms with van der Waals surface area (Å²) < 4.78 is 7.40. The maximum Gasteiger partial charge on any atom is 0.274 e. The minimum absolute atomic E-state index is 0.00783. The van der Waals surface area contributed by atoms with Gasteiger partial charge in [-0.2, -0.15) is 0 Å². The SMILES string of the molecule is Cn1ccc2c(-c3cccc(CC4CCC5(CCO5)CN4)c3)c[nH]c2c1=O. The fourth-order valence-electron chi connectivity index (χ4n) is 4.46. The molecule has 0 aliphatic carbocycles. The van der Waals surface area contributed by atoms with E-state index < -0.39 is 0 Å². The summed E-state index contributed by atoms with van der Waals surface area (Å²) in [6, 6.07) is 11.2. The van der Waals surface area contributed by atoms with Crippen LogP contribution in [-0.4, -0.2) is 34.3 Å². The number of fused-ring (bicyclic) bond motifs is 1. The van der Waals surface area contributed by atoms with Crippen LogP contribution in [0.15, 0.2) is 47.5 Å². The lowest BCUT2D eigenvalue weighted by Gasteiger charge is -2.47. The highest BCUT2D eigenvalue weighted by Gasteiger charge is 2.41. The number of aryl methyl sites for hydroxylation is 1. The van der Waals surface area contributed by atoms with Gasteiger partial charge in [-0.25, -0.2) is 0 Å². The Balaban J connectivity index is 1.38. The number of rotatable bonds is 3. The van der Waals surface area contributed by atoms with Crippen LogP contribution in [0.2, 0.25) is 0 Å². The number of piperidine rings is 1.